The minimum absolute atomic E-state index is 0.0802. The molecule has 1 N–H and O–H groups in total. The maximum absolute atomic E-state index is 11.5. The van der Waals surface area contributed by atoms with Gasteiger partial charge < -0.3 is 5.32 Å². The van der Waals surface area contributed by atoms with Gasteiger partial charge in [0.15, 0.2) is 0 Å². The minimum Gasteiger partial charge on any atom is -0.353 e. The zero-order valence-corrected chi connectivity index (χ0v) is 11.8. The first-order chi connectivity index (χ1) is 9.31. The number of thiophene rings is 1. The smallest absolute Gasteiger partial charge is 0.230 e. The lowest BCUT2D eigenvalue weighted by molar-refractivity contribution is -0.118. The Morgan fingerprint density at radius 1 is 1.37 bits per heavy atom. The van der Waals surface area contributed by atoms with Crippen molar-refractivity contribution in [3.05, 3.63) is 29.6 Å². The van der Waals surface area contributed by atoms with Crippen LogP contribution in [0.5, 0.6) is 0 Å². The summed E-state index contributed by atoms with van der Waals surface area (Å²) in [6.07, 6.45) is 2.23. The van der Waals surface area contributed by atoms with E-state index in [-0.39, 0.29) is 5.91 Å². The average molecular weight is 291 g/mol. The molecule has 0 aromatic carbocycles. The van der Waals surface area contributed by atoms with Gasteiger partial charge in [0.05, 0.1) is 10.6 Å². The SMILES string of the molecule is O=C(CSc1ccc(-c2cccs2)nn1)NC1CC1. The van der Waals surface area contributed by atoms with Crippen molar-refractivity contribution in [1.82, 2.24) is 15.5 Å². The zero-order valence-electron chi connectivity index (χ0n) is 10.2. The van der Waals surface area contributed by atoms with Gasteiger partial charge in [0.2, 0.25) is 5.91 Å². The van der Waals surface area contributed by atoms with Gasteiger partial charge in [-0.2, -0.15) is 0 Å². The molecule has 6 heteroatoms. The summed E-state index contributed by atoms with van der Waals surface area (Å²) >= 11 is 3.06. The quantitative estimate of drug-likeness (QED) is 0.860. The van der Waals surface area contributed by atoms with E-state index in [0.717, 1.165) is 28.4 Å². The van der Waals surface area contributed by atoms with E-state index in [2.05, 4.69) is 15.5 Å². The molecule has 0 unspecified atom stereocenters. The van der Waals surface area contributed by atoms with E-state index in [9.17, 15) is 4.79 Å². The van der Waals surface area contributed by atoms with Crippen molar-refractivity contribution < 1.29 is 4.79 Å². The zero-order chi connectivity index (χ0) is 13.1. The first-order valence-electron chi connectivity index (χ1n) is 6.11. The van der Waals surface area contributed by atoms with Crippen molar-refractivity contribution in [1.29, 1.82) is 0 Å². The molecule has 0 spiro atoms. The van der Waals surface area contributed by atoms with Gasteiger partial charge in [-0.25, -0.2) is 0 Å². The van der Waals surface area contributed by atoms with Crippen LogP contribution in [0.15, 0.2) is 34.7 Å². The van der Waals surface area contributed by atoms with Crippen LogP contribution in [-0.2, 0) is 4.79 Å². The van der Waals surface area contributed by atoms with Gasteiger partial charge in [-0.15, -0.1) is 21.5 Å². The van der Waals surface area contributed by atoms with Crippen LogP contribution in [0.4, 0.5) is 0 Å². The third-order valence-corrected chi connectivity index (χ3v) is 4.52. The van der Waals surface area contributed by atoms with Gasteiger partial charge in [-0.1, -0.05) is 17.8 Å². The number of carbonyl (C=O) groups is 1. The fourth-order valence-electron chi connectivity index (χ4n) is 1.59. The van der Waals surface area contributed by atoms with Crippen LogP contribution in [-0.4, -0.2) is 27.9 Å². The molecule has 0 atom stereocenters. The molecular formula is C13H13N3OS2. The monoisotopic (exact) mass is 291 g/mol. The Kier molecular flexibility index (Phi) is 3.79. The summed E-state index contributed by atoms with van der Waals surface area (Å²) in [7, 11) is 0. The maximum atomic E-state index is 11.5. The number of aromatic nitrogens is 2. The Bertz CT molecular complexity index is 550. The van der Waals surface area contributed by atoms with Gasteiger partial charge in [0, 0.05) is 6.04 Å². The van der Waals surface area contributed by atoms with Crippen molar-refractivity contribution in [2.24, 2.45) is 0 Å². The summed E-state index contributed by atoms with van der Waals surface area (Å²) in [6, 6.07) is 8.29. The van der Waals surface area contributed by atoms with E-state index in [0.29, 0.717) is 11.8 Å². The third-order valence-electron chi connectivity index (χ3n) is 2.71. The fraction of sp³-hybridized carbons (Fsp3) is 0.308. The molecule has 0 radical (unpaired) electrons. The molecule has 2 aromatic rings. The van der Waals surface area contributed by atoms with E-state index < -0.39 is 0 Å². The highest BCUT2D eigenvalue weighted by Gasteiger charge is 2.23. The molecule has 0 saturated heterocycles. The molecular weight excluding hydrogens is 278 g/mol. The van der Waals surface area contributed by atoms with Crippen molar-refractivity contribution in [2.75, 3.05) is 5.75 Å². The van der Waals surface area contributed by atoms with Crippen molar-refractivity contribution in [2.45, 2.75) is 23.9 Å². The lowest BCUT2D eigenvalue weighted by Gasteiger charge is -2.02. The van der Waals surface area contributed by atoms with E-state index >= 15 is 0 Å². The molecule has 98 valence electrons. The number of nitrogens with one attached hydrogen (secondary N) is 1. The number of rotatable bonds is 5. The second-order valence-electron chi connectivity index (χ2n) is 4.36. The first-order valence-corrected chi connectivity index (χ1v) is 7.97. The average Bonchev–Trinajstić information content (AvgIpc) is 3.07. The molecule has 1 aliphatic rings. The second-order valence-corrected chi connectivity index (χ2v) is 6.31. The summed E-state index contributed by atoms with van der Waals surface area (Å²) in [5, 5.41) is 14.1. The molecule has 1 amide bonds. The number of carbonyl (C=O) groups excluding carboxylic acids is 1. The predicted octanol–water partition coefficient (Wildman–Crippen LogP) is 2.58. The van der Waals surface area contributed by atoms with Gasteiger partial charge >= 0.3 is 0 Å². The topological polar surface area (TPSA) is 54.9 Å². The summed E-state index contributed by atoms with van der Waals surface area (Å²) < 4.78 is 0. The third kappa shape index (κ3) is 3.54. The van der Waals surface area contributed by atoms with Gasteiger partial charge in [0.25, 0.3) is 0 Å². The highest BCUT2D eigenvalue weighted by atomic mass is 32.2. The second kappa shape index (κ2) is 5.71. The van der Waals surface area contributed by atoms with Crippen LogP contribution in [0.25, 0.3) is 10.6 Å². The summed E-state index contributed by atoms with van der Waals surface area (Å²) in [5.74, 6) is 0.486. The van der Waals surface area contributed by atoms with Crippen LogP contribution >= 0.6 is 23.1 Å². The van der Waals surface area contributed by atoms with Crippen molar-refractivity contribution in [3.63, 3.8) is 0 Å². The number of nitrogens with zero attached hydrogens (tertiary/aromatic N) is 2. The summed E-state index contributed by atoms with van der Waals surface area (Å²) in [6.45, 7) is 0. The van der Waals surface area contributed by atoms with Crippen LogP contribution in [0.1, 0.15) is 12.8 Å². The number of amides is 1. The lowest BCUT2D eigenvalue weighted by Crippen LogP contribution is -2.27. The van der Waals surface area contributed by atoms with Gasteiger partial charge in [-0.05, 0) is 36.4 Å². The number of thioether (sulfide) groups is 1. The standard InChI is InChI=1S/C13H13N3OS2/c17-12(14-9-3-4-9)8-19-13-6-5-10(15-16-13)11-2-1-7-18-11/h1-2,5-7,9H,3-4,8H2,(H,14,17). The van der Waals surface area contributed by atoms with Crippen LogP contribution in [0.2, 0.25) is 0 Å². The minimum atomic E-state index is 0.0802. The largest absolute Gasteiger partial charge is 0.353 e. The summed E-state index contributed by atoms with van der Waals surface area (Å²) in [4.78, 5) is 12.6. The first kappa shape index (κ1) is 12.6. The van der Waals surface area contributed by atoms with Crippen LogP contribution < -0.4 is 5.32 Å². The highest BCUT2D eigenvalue weighted by Crippen LogP contribution is 2.24. The molecule has 4 nitrogen and oxygen atoms in total. The van der Waals surface area contributed by atoms with Gasteiger partial charge in [-0.3, -0.25) is 4.79 Å². The van der Waals surface area contributed by atoms with E-state index in [4.69, 9.17) is 0 Å². The van der Waals surface area contributed by atoms with Gasteiger partial charge in [0.1, 0.15) is 10.7 Å². The van der Waals surface area contributed by atoms with Crippen molar-refractivity contribution >= 4 is 29.0 Å². The van der Waals surface area contributed by atoms with E-state index in [1.54, 1.807) is 11.3 Å². The predicted molar refractivity (Wildman–Crippen MR) is 77.2 cm³/mol. The molecule has 19 heavy (non-hydrogen) atoms. The number of hydrogen-bond acceptors (Lipinski definition) is 5. The molecule has 0 bridgehead atoms. The van der Waals surface area contributed by atoms with Crippen LogP contribution in [0, 0.1) is 0 Å². The highest BCUT2D eigenvalue weighted by molar-refractivity contribution is 7.99. The molecule has 0 aliphatic heterocycles. The Labute approximate surface area is 119 Å². The Morgan fingerprint density at radius 2 is 2.26 bits per heavy atom. The Hall–Kier alpha value is -1.40. The van der Waals surface area contributed by atoms with Crippen LogP contribution in [0.3, 0.4) is 0 Å². The van der Waals surface area contributed by atoms with Crippen molar-refractivity contribution in [3.8, 4) is 10.6 Å². The van der Waals surface area contributed by atoms with E-state index in [1.165, 1.54) is 11.8 Å². The molecule has 2 aromatic heterocycles. The molecule has 2 heterocycles. The van der Waals surface area contributed by atoms with E-state index in [1.807, 2.05) is 29.6 Å². The molecule has 3 rings (SSSR count). The lowest BCUT2D eigenvalue weighted by atomic mass is 10.3. The summed E-state index contributed by atoms with van der Waals surface area (Å²) in [5.41, 5.74) is 0.877. The Morgan fingerprint density at radius 3 is 2.89 bits per heavy atom. The maximum Gasteiger partial charge on any atom is 0.230 e. The Balaban J connectivity index is 1.55. The molecule has 1 fully saturated rings. The fourth-order valence-corrected chi connectivity index (χ4v) is 2.90. The molecule has 1 saturated carbocycles. The number of hydrogen-bond donors (Lipinski definition) is 1. The molecule has 1 aliphatic carbocycles. The normalized spacial score (nSPS) is 14.3.